The van der Waals surface area contributed by atoms with Gasteiger partial charge in [0.25, 0.3) is 5.56 Å². The van der Waals surface area contributed by atoms with E-state index in [0.29, 0.717) is 23.5 Å². The molecule has 0 amide bonds. The molecule has 0 aliphatic rings. The van der Waals surface area contributed by atoms with Gasteiger partial charge in [0, 0.05) is 20.6 Å². The van der Waals surface area contributed by atoms with Gasteiger partial charge in [-0.3, -0.25) is 14.3 Å². The highest BCUT2D eigenvalue weighted by molar-refractivity contribution is 7.98. The lowest BCUT2D eigenvalue weighted by Gasteiger charge is -2.04. The highest BCUT2D eigenvalue weighted by Crippen LogP contribution is 2.26. The van der Waals surface area contributed by atoms with Gasteiger partial charge in [-0.15, -0.1) is 0 Å². The van der Waals surface area contributed by atoms with Crippen molar-refractivity contribution in [2.24, 2.45) is 14.1 Å². The maximum Gasteiger partial charge on any atom is 0.330 e. The van der Waals surface area contributed by atoms with Crippen LogP contribution >= 0.6 is 11.8 Å². The summed E-state index contributed by atoms with van der Waals surface area (Å²) in [6, 6.07) is 7.98. The van der Waals surface area contributed by atoms with Crippen molar-refractivity contribution in [1.82, 2.24) is 28.7 Å². The second-order valence-corrected chi connectivity index (χ2v) is 7.70. The summed E-state index contributed by atoms with van der Waals surface area (Å²) in [5.41, 5.74) is 2.09. The number of hydrogen-bond donors (Lipinski definition) is 1. The van der Waals surface area contributed by atoms with Crippen LogP contribution in [0.15, 0.2) is 39.0 Å². The first-order valence-electron chi connectivity index (χ1n) is 9.24. The molecule has 0 aliphatic carbocycles. The van der Waals surface area contributed by atoms with E-state index in [4.69, 9.17) is 0 Å². The zero-order valence-electron chi connectivity index (χ0n) is 16.1. The minimum Gasteiger partial charge on any atom is -0.325 e. The van der Waals surface area contributed by atoms with E-state index in [1.54, 1.807) is 20.9 Å². The summed E-state index contributed by atoms with van der Waals surface area (Å²) in [7, 11) is 3.80. The SMILES string of the molecule is CCCCn1c(=O)[nH]c(=O)c2c1nc(CSc1nc3ccccc3n1C)n2C. The van der Waals surface area contributed by atoms with Crippen molar-refractivity contribution >= 4 is 34.0 Å². The number of hydrogen-bond acceptors (Lipinski definition) is 5. The minimum atomic E-state index is -0.404. The number of fused-ring (bicyclic) bond motifs is 2. The van der Waals surface area contributed by atoms with E-state index >= 15 is 0 Å². The molecule has 0 spiro atoms. The Kier molecular flexibility index (Phi) is 4.84. The van der Waals surface area contributed by atoms with E-state index in [2.05, 4.69) is 21.9 Å². The summed E-state index contributed by atoms with van der Waals surface area (Å²) >= 11 is 1.56. The van der Waals surface area contributed by atoms with Gasteiger partial charge in [-0.2, -0.15) is 0 Å². The third-order valence-corrected chi connectivity index (χ3v) is 5.94. The van der Waals surface area contributed by atoms with Crippen LogP contribution in [0.25, 0.3) is 22.2 Å². The van der Waals surface area contributed by atoms with Gasteiger partial charge in [0.2, 0.25) is 0 Å². The first kappa shape index (κ1) is 18.5. The number of H-pyrrole nitrogens is 1. The maximum atomic E-state index is 12.4. The Morgan fingerprint density at radius 1 is 1.11 bits per heavy atom. The van der Waals surface area contributed by atoms with Gasteiger partial charge >= 0.3 is 5.69 Å². The molecule has 0 fully saturated rings. The van der Waals surface area contributed by atoms with Gasteiger partial charge in [-0.05, 0) is 18.6 Å². The fourth-order valence-electron chi connectivity index (χ4n) is 3.33. The summed E-state index contributed by atoms with van der Waals surface area (Å²) in [5, 5.41) is 0.880. The third-order valence-electron chi connectivity index (χ3n) is 4.92. The molecule has 1 N–H and O–H groups in total. The maximum absolute atomic E-state index is 12.4. The second-order valence-electron chi connectivity index (χ2n) is 6.75. The Hall–Kier alpha value is -2.81. The number of unbranched alkanes of at least 4 members (excludes halogenated alkanes) is 1. The molecule has 3 aromatic heterocycles. The Bertz CT molecular complexity index is 1280. The quantitative estimate of drug-likeness (QED) is 0.504. The van der Waals surface area contributed by atoms with Gasteiger partial charge < -0.3 is 9.13 Å². The van der Waals surface area contributed by atoms with Crippen molar-refractivity contribution in [2.75, 3.05) is 0 Å². The molecule has 1 aromatic carbocycles. The van der Waals surface area contributed by atoms with Crippen LogP contribution in [0.3, 0.4) is 0 Å². The number of nitrogens with one attached hydrogen (secondary N) is 1. The number of aromatic amines is 1. The van der Waals surface area contributed by atoms with Crippen LogP contribution in [-0.2, 0) is 26.4 Å². The molecule has 0 atom stereocenters. The molecule has 0 bridgehead atoms. The summed E-state index contributed by atoms with van der Waals surface area (Å²) in [5.74, 6) is 1.28. The van der Waals surface area contributed by atoms with Gasteiger partial charge in [-0.25, -0.2) is 14.8 Å². The van der Waals surface area contributed by atoms with E-state index in [9.17, 15) is 9.59 Å². The summed E-state index contributed by atoms with van der Waals surface area (Å²) in [6.45, 7) is 2.60. The Morgan fingerprint density at radius 2 is 1.89 bits per heavy atom. The van der Waals surface area contributed by atoms with E-state index in [1.165, 1.54) is 0 Å². The molecular weight excluding hydrogens is 376 g/mol. The average Bonchev–Trinajstić information content (AvgIpc) is 3.17. The molecule has 0 saturated carbocycles. The van der Waals surface area contributed by atoms with Crippen LogP contribution < -0.4 is 11.2 Å². The third kappa shape index (κ3) is 3.05. The van der Waals surface area contributed by atoms with E-state index in [0.717, 1.165) is 34.9 Å². The smallest absolute Gasteiger partial charge is 0.325 e. The molecule has 9 heteroatoms. The number of imidazole rings is 2. The first-order valence-corrected chi connectivity index (χ1v) is 10.2. The molecule has 28 heavy (non-hydrogen) atoms. The summed E-state index contributed by atoms with van der Waals surface area (Å²) in [6.07, 6.45) is 1.80. The molecular formula is C19H22N6O2S. The fraction of sp³-hybridized carbons (Fsp3) is 0.368. The topological polar surface area (TPSA) is 90.5 Å². The number of thioether (sulfide) groups is 1. The number of nitrogens with zero attached hydrogens (tertiary/aromatic N) is 5. The molecule has 4 aromatic rings. The summed E-state index contributed by atoms with van der Waals surface area (Å²) in [4.78, 5) is 36.3. The lowest BCUT2D eigenvalue weighted by atomic mass is 10.3. The largest absolute Gasteiger partial charge is 0.330 e. The number of benzene rings is 1. The van der Waals surface area contributed by atoms with Crippen molar-refractivity contribution in [3.8, 4) is 0 Å². The van der Waals surface area contributed by atoms with Crippen LogP contribution in [0.2, 0.25) is 0 Å². The van der Waals surface area contributed by atoms with Gasteiger partial charge in [0.05, 0.1) is 16.8 Å². The van der Waals surface area contributed by atoms with Gasteiger partial charge in [-0.1, -0.05) is 37.2 Å². The standard InChI is InChI=1S/C19H22N6O2S/c1-4-5-10-25-16-15(17(26)22-18(25)27)24(3)14(21-16)11-28-19-20-12-8-6-7-9-13(12)23(19)2/h6-9H,4-5,10-11H2,1-3H3,(H,22,26,27). The van der Waals surface area contributed by atoms with Gasteiger partial charge in [0.15, 0.2) is 16.3 Å². The molecule has 3 heterocycles. The minimum absolute atomic E-state index is 0.401. The second kappa shape index (κ2) is 7.31. The lowest BCUT2D eigenvalue weighted by molar-refractivity contribution is 0.613. The highest BCUT2D eigenvalue weighted by Gasteiger charge is 2.17. The predicted molar refractivity (Wildman–Crippen MR) is 111 cm³/mol. The number of para-hydroxylation sites is 2. The van der Waals surface area contributed by atoms with Crippen molar-refractivity contribution < 1.29 is 0 Å². The zero-order valence-corrected chi connectivity index (χ0v) is 16.9. The number of rotatable bonds is 6. The first-order chi connectivity index (χ1) is 13.5. The van der Waals surface area contributed by atoms with Crippen LogP contribution in [0.1, 0.15) is 25.6 Å². The van der Waals surface area contributed by atoms with E-state index in [1.807, 2.05) is 42.9 Å². The summed E-state index contributed by atoms with van der Waals surface area (Å²) < 4.78 is 5.38. The van der Waals surface area contributed by atoms with Crippen LogP contribution in [0, 0.1) is 0 Å². The Balaban J connectivity index is 1.71. The monoisotopic (exact) mass is 398 g/mol. The molecule has 0 aliphatic heterocycles. The molecule has 4 rings (SSSR count). The molecule has 0 radical (unpaired) electrons. The van der Waals surface area contributed by atoms with Crippen LogP contribution in [-0.4, -0.2) is 28.7 Å². The van der Waals surface area contributed by atoms with Crippen molar-refractivity contribution in [3.63, 3.8) is 0 Å². The molecule has 146 valence electrons. The van der Waals surface area contributed by atoms with Crippen LogP contribution in [0.5, 0.6) is 0 Å². The van der Waals surface area contributed by atoms with Crippen molar-refractivity contribution in [1.29, 1.82) is 0 Å². The zero-order chi connectivity index (χ0) is 19.8. The molecule has 0 unspecified atom stereocenters. The van der Waals surface area contributed by atoms with E-state index in [-0.39, 0.29) is 0 Å². The number of aromatic nitrogens is 6. The molecule has 8 nitrogen and oxygen atoms in total. The van der Waals surface area contributed by atoms with Gasteiger partial charge in [0.1, 0.15) is 5.82 Å². The fourth-order valence-corrected chi connectivity index (χ4v) is 4.30. The normalized spacial score (nSPS) is 11.7. The van der Waals surface area contributed by atoms with E-state index < -0.39 is 11.2 Å². The Morgan fingerprint density at radius 3 is 2.64 bits per heavy atom. The Labute approximate surface area is 165 Å². The van der Waals surface area contributed by atoms with Crippen LogP contribution in [0.4, 0.5) is 0 Å². The molecule has 0 saturated heterocycles. The predicted octanol–water partition coefficient (Wildman–Crippen LogP) is 2.40. The van der Waals surface area contributed by atoms with Crippen molar-refractivity contribution in [3.05, 3.63) is 50.9 Å². The van der Waals surface area contributed by atoms with Crippen molar-refractivity contribution in [2.45, 2.75) is 37.2 Å². The average molecular weight is 398 g/mol. The lowest BCUT2D eigenvalue weighted by Crippen LogP contribution is -2.31. The highest BCUT2D eigenvalue weighted by atomic mass is 32.2. The number of aryl methyl sites for hydroxylation is 3.